The second-order valence-electron chi connectivity index (χ2n) is 5.90. The van der Waals surface area contributed by atoms with E-state index in [0.717, 1.165) is 17.3 Å². The van der Waals surface area contributed by atoms with Crippen LogP contribution in [0.15, 0.2) is 51.7 Å². The number of sulfonamides is 1. The van der Waals surface area contributed by atoms with Crippen LogP contribution in [0.3, 0.4) is 0 Å². The monoisotopic (exact) mass is 536 g/mol. The molecule has 1 aromatic carbocycles. The van der Waals surface area contributed by atoms with E-state index in [1.807, 2.05) is 38.1 Å². The minimum atomic E-state index is -3.37. The van der Waals surface area contributed by atoms with Crippen LogP contribution in [0.5, 0.6) is 0 Å². The maximum Gasteiger partial charge on any atom is 0.252 e. The number of thiophene rings is 1. The third kappa shape index (κ3) is 7.02. The lowest BCUT2D eigenvalue weighted by molar-refractivity contribution is 0.447. The van der Waals surface area contributed by atoms with Gasteiger partial charge in [0.2, 0.25) is 0 Å². The van der Waals surface area contributed by atoms with Crippen molar-refractivity contribution in [3.05, 3.63) is 52.9 Å². The third-order valence-electron chi connectivity index (χ3n) is 4.13. The molecule has 1 heterocycles. The van der Waals surface area contributed by atoms with Crippen molar-refractivity contribution < 1.29 is 8.42 Å². The summed E-state index contributed by atoms with van der Waals surface area (Å²) in [6, 6.07) is 13.7. The molecule has 9 heteroatoms. The van der Waals surface area contributed by atoms with E-state index >= 15 is 0 Å². The van der Waals surface area contributed by atoms with Crippen LogP contribution >= 0.6 is 35.3 Å². The van der Waals surface area contributed by atoms with Gasteiger partial charge in [-0.1, -0.05) is 44.2 Å². The van der Waals surface area contributed by atoms with Crippen LogP contribution < -0.4 is 10.6 Å². The smallest absolute Gasteiger partial charge is 0.252 e. The Balaban J connectivity index is 0.00000392. The number of guanidine groups is 1. The fraction of sp³-hybridized carbons (Fsp3) is 0.421. The van der Waals surface area contributed by atoms with Crippen LogP contribution in [0, 0.1) is 0 Å². The van der Waals surface area contributed by atoms with Gasteiger partial charge in [-0.25, -0.2) is 8.42 Å². The van der Waals surface area contributed by atoms with Crippen molar-refractivity contribution >= 4 is 51.3 Å². The summed E-state index contributed by atoms with van der Waals surface area (Å²) in [7, 11) is -1.63. The second-order valence-corrected chi connectivity index (χ2v) is 9.23. The number of hydrogen-bond donors (Lipinski definition) is 2. The first kappa shape index (κ1) is 24.9. The minimum absolute atomic E-state index is 0. The largest absolute Gasteiger partial charge is 0.356 e. The fourth-order valence-electron chi connectivity index (χ4n) is 2.63. The van der Waals surface area contributed by atoms with Gasteiger partial charge in [0.15, 0.2) is 5.96 Å². The van der Waals surface area contributed by atoms with Crippen molar-refractivity contribution in [1.29, 1.82) is 0 Å². The van der Waals surface area contributed by atoms with Gasteiger partial charge in [-0.2, -0.15) is 4.31 Å². The van der Waals surface area contributed by atoms with E-state index in [0.29, 0.717) is 30.4 Å². The highest BCUT2D eigenvalue weighted by Gasteiger charge is 2.23. The van der Waals surface area contributed by atoms with E-state index < -0.39 is 10.0 Å². The molecule has 2 rings (SSSR count). The fourth-order valence-corrected chi connectivity index (χ4v) is 5.60. The van der Waals surface area contributed by atoms with Crippen molar-refractivity contribution in [1.82, 2.24) is 14.9 Å². The average molecular weight is 537 g/mol. The Bertz CT molecular complexity index is 835. The molecule has 1 aromatic heterocycles. The standard InChI is InChI=1S/C19H28N4O2S2.HI/c1-4-23(5-2)27(24,25)18-12-11-17(26-18)13-14-21-19(20-3)22-15-16-9-7-6-8-10-16;/h6-12H,4-5,13-15H2,1-3H3,(H2,20,21,22);1H. The lowest BCUT2D eigenvalue weighted by atomic mass is 10.2. The molecule has 0 aliphatic heterocycles. The molecule has 2 aromatic rings. The molecule has 156 valence electrons. The maximum atomic E-state index is 12.5. The zero-order valence-corrected chi connectivity index (χ0v) is 20.5. The third-order valence-corrected chi connectivity index (χ3v) is 7.79. The van der Waals surface area contributed by atoms with Crippen LogP contribution in [0.4, 0.5) is 0 Å². The highest BCUT2D eigenvalue weighted by Crippen LogP contribution is 2.25. The van der Waals surface area contributed by atoms with Gasteiger partial charge in [0, 0.05) is 38.1 Å². The van der Waals surface area contributed by atoms with E-state index in [-0.39, 0.29) is 24.0 Å². The van der Waals surface area contributed by atoms with Gasteiger partial charge < -0.3 is 10.6 Å². The minimum Gasteiger partial charge on any atom is -0.356 e. The second kappa shape index (κ2) is 12.4. The number of rotatable bonds is 9. The molecule has 0 saturated carbocycles. The first-order valence-corrected chi connectivity index (χ1v) is 11.3. The van der Waals surface area contributed by atoms with Crippen molar-refractivity contribution in [3.63, 3.8) is 0 Å². The van der Waals surface area contributed by atoms with Crippen LogP contribution in [0.2, 0.25) is 0 Å². The summed E-state index contributed by atoms with van der Waals surface area (Å²) in [5.41, 5.74) is 1.19. The molecule has 2 N–H and O–H groups in total. The van der Waals surface area contributed by atoms with E-state index in [1.54, 1.807) is 13.1 Å². The Labute approximate surface area is 189 Å². The van der Waals surface area contributed by atoms with E-state index in [2.05, 4.69) is 27.8 Å². The number of halogens is 1. The lowest BCUT2D eigenvalue weighted by Gasteiger charge is -2.16. The topological polar surface area (TPSA) is 73.8 Å². The molecule has 0 aliphatic carbocycles. The van der Waals surface area contributed by atoms with Gasteiger partial charge in [-0.15, -0.1) is 35.3 Å². The maximum absolute atomic E-state index is 12.5. The highest BCUT2D eigenvalue weighted by molar-refractivity contribution is 14.0. The first-order chi connectivity index (χ1) is 13.0. The molecule has 0 amide bonds. The molecule has 28 heavy (non-hydrogen) atoms. The lowest BCUT2D eigenvalue weighted by Crippen LogP contribution is -2.37. The summed E-state index contributed by atoms with van der Waals surface area (Å²) in [6.07, 6.45) is 0.741. The van der Waals surface area contributed by atoms with Gasteiger partial charge in [-0.3, -0.25) is 4.99 Å². The Kier molecular flexibility index (Phi) is 11.0. The summed E-state index contributed by atoms with van der Waals surface area (Å²) < 4.78 is 27.0. The van der Waals surface area contributed by atoms with Crippen LogP contribution in [-0.4, -0.2) is 45.4 Å². The van der Waals surface area contributed by atoms with E-state index in [1.165, 1.54) is 21.2 Å². The van der Waals surface area contributed by atoms with Crippen LogP contribution in [0.25, 0.3) is 0 Å². The predicted molar refractivity (Wildman–Crippen MR) is 128 cm³/mol. The Morgan fingerprint density at radius 3 is 2.36 bits per heavy atom. The first-order valence-electron chi connectivity index (χ1n) is 9.08. The molecular formula is C19H29IN4O2S2. The van der Waals surface area contributed by atoms with Crippen molar-refractivity contribution in [2.45, 2.75) is 31.0 Å². The number of benzene rings is 1. The summed E-state index contributed by atoms with van der Waals surface area (Å²) in [4.78, 5) is 5.25. The normalized spacial score (nSPS) is 11.9. The molecule has 0 aliphatic rings. The van der Waals surface area contributed by atoms with Crippen LogP contribution in [0.1, 0.15) is 24.3 Å². The molecule has 0 unspecified atom stereocenters. The summed E-state index contributed by atoms with van der Waals surface area (Å²) in [5.74, 6) is 0.728. The summed E-state index contributed by atoms with van der Waals surface area (Å²) in [6.45, 7) is 6.06. The molecule has 0 radical (unpaired) electrons. The average Bonchev–Trinajstić information content (AvgIpc) is 3.16. The Morgan fingerprint density at radius 2 is 1.75 bits per heavy atom. The number of nitrogens with zero attached hydrogens (tertiary/aromatic N) is 2. The molecule has 0 atom stereocenters. The van der Waals surface area contributed by atoms with Gasteiger partial charge in [-0.05, 0) is 24.1 Å². The Morgan fingerprint density at radius 1 is 1.07 bits per heavy atom. The van der Waals surface area contributed by atoms with Gasteiger partial charge in [0.1, 0.15) is 4.21 Å². The summed E-state index contributed by atoms with van der Waals surface area (Å²) >= 11 is 1.34. The number of hydrogen-bond acceptors (Lipinski definition) is 4. The van der Waals surface area contributed by atoms with Gasteiger partial charge in [0.25, 0.3) is 10.0 Å². The zero-order valence-electron chi connectivity index (χ0n) is 16.5. The van der Waals surface area contributed by atoms with Crippen LogP contribution in [-0.2, 0) is 23.0 Å². The van der Waals surface area contributed by atoms with Crippen molar-refractivity contribution in [2.75, 3.05) is 26.7 Å². The summed E-state index contributed by atoms with van der Waals surface area (Å²) in [5, 5.41) is 6.54. The zero-order chi connectivity index (χ0) is 19.7. The Hall–Kier alpha value is -1.17. The van der Waals surface area contributed by atoms with Gasteiger partial charge >= 0.3 is 0 Å². The number of aliphatic imine (C=N–C) groups is 1. The molecule has 0 saturated heterocycles. The predicted octanol–water partition coefficient (Wildman–Crippen LogP) is 3.30. The quantitative estimate of drug-likeness (QED) is 0.293. The number of nitrogens with one attached hydrogen (secondary N) is 2. The van der Waals surface area contributed by atoms with E-state index in [9.17, 15) is 8.42 Å². The molecule has 0 spiro atoms. The molecule has 0 fully saturated rings. The molecule has 0 bridgehead atoms. The van der Waals surface area contributed by atoms with Crippen molar-refractivity contribution in [3.8, 4) is 0 Å². The SMILES string of the molecule is CCN(CC)S(=O)(=O)c1ccc(CCNC(=NC)NCc2ccccc2)s1.I. The molecular weight excluding hydrogens is 507 g/mol. The highest BCUT2D eigenvalue weighted by atomic mass is 127. The molecule has 6 nitrogen and oxygen atoms in total. The van der Waals surface area contributed by atoms with Gasteiger partial charge in [0.05, 0.1) is 0 Å². The van der Waals surface area contributed by atoms with E-state index in [4.69, 9.17) is 0 Å². The van der Waals surface area contributed by atoms with Crippen molar-refractivity contribution in [2.24, 2.45) is 4.99 Å².